The summed E-state index contributed by atoms with van der Waals surface area (Å²) in [5, 5.41) is 76.1. The van der Waals surface area contributed by atoms with Gasteiger partial charge in [0.05, 0.1) is 25.4 Å². The fraction of sp³-hybridized carbons (Fsp3) is 0.919. The van der Waals surface area contributed by atoms with Gasteiger partial charge in [-0.1, -0.05) is 276 Å². The quantitative estimate of drug-likeness (QED) is 0.0215. The summed E-state index contributed by atoms with van der Waals surface area (Å²) in [7, 11) is 0. The van der Waals surface area contributed by atoms with Crippen LogP contribution in [0.2, 0.25) is 0 Å². The maximum atomic E-state index is 13.2. The van der Waals surface area contributed by atoms with E-state index < -0.39 is 74.2 Å². The summed E-state index contributed by atoms with van der Waals surface area (Å²) in [5.74, 6) is -0.694. The summed E-state index contributed by atoms with van der Waals surface area (Å²) in [6, 6.07) is -1.17. The van der Waals surface area contributed by atoms with E-state index in [1.165, 1.54) is 212 Å². The van der Waals surface area contributed by atoms with Crippen molar-refractivity contribution in [2.45, 2.75) is 351 Å². The lowest BCUT2D eigenvalue weighted by atomic mass is 9.98. The topological polar surface area (TPSA) is 189 Å². The summed E-state index contributed by atoms with van der Waals surface area (Å²) in [5.41, 5.74) is 0. The molecule has 1 saturated heterocycles. The van der Waals surface area contributed by atoms with Gasteiger partial charge < -0.3 is 50.5 Å². The molecule has 0 aromatic rings. The summed E-state index contributed by atoms with van der Waals surface area (Å²) < 4.78 is 11.1. The van der Waals surface area contributed by atoms with Crippen molar-refractivity contribution in [2.75, 3.05) is 13.2 Å². The Morgan fingerprint density at radius 1 is 0.479 bits per heavy atom. The first-order valence-corrected chi connectivity index (χ1v) is 31.2. The maximum Gasteiger partial charge on any atom is 0.249 e. The molecule has 0 aromatic carbocycles. The lowest BCUT2D eigenvalue weighted by Crippen LogP contribution is -2.60. The van der Waals surface area contributed by atoms with Crippen molar-refractivity contribution in [3.8, 4) is 0 Å². The molecule has 73 heavy (non-hydrogen) atoms. The highest BCUT2D eigenvalue weighted by atomic mass is 16.7. The highest BCUT2D eigenvalue weighted by Gasteiger charge is 2.44. The minimum Gasteiger partial charge on any atom is -0.394 e. The fourth-order valence-corrected chi connectivity index (χ4v) is 10.2. The van der Waals surface area contributed by atoms with Crippen LogP contribution in [0.4, 0.5) is 0 Å². The van der Waals surface area contributed by atoms with Gasteiger partial charge in [0.15, 0.2) is 6.29 Å². The monoisotopic (exact) mass is 1040 g/mol. The molecule has 1 fully saturated rings. The number of aliphatic hydroxyl groups is 7. The Morgan fingerprint density at radius 3 is 1.22 bits per heavy atom. The average Bonchev–Trinajstić information content (AvgIpc) is 3.39. The van der Waals surface area contributed by atoms with E-state index in [9.17, 15) is 40.5 Å². The molecule has 0 bridgehead atoms. The highest BCUT2D eigenvalue weighted by molar-refractivity contribution is 5.80. The second-order valence-corrected chi connectivity index (χ2v) is 22.1. The van der Waals surface area contributed by atoms with Crippen LogP contribution in [-0.4, -0.2) is 110 Å². The van der Waals surface area contributed by atoms with E-state index in [1.54, 1.807) is 0 Å². The minimum atomic E-state index is -1.66. The number of carbonyl (C=O) groups is 1. The minimum absolute atomic E-state index is 0.262. The molecule has 11 heteroatoms. The molecule has 0 aliphatic carbocycles. The third kappa shape index (κ3) is 39.6. The maximum absolute atomic E-state index is 13.2. The Balaban J connectivity index is 2.15. The van der Waals surface area contributed by atoms with Gasteiger partial charge >= 0.3 is 0 Å². The largest absolute Gasteiger partial charge is 0.394 e. The van der Waals surface area contributed by atoms with Gasteiger partial charge in [0.2, 0.25) is 5.91 Å². The number of carbonyl (C=O) groups excluding carboxylic acids is 1. The van der Waals surface area contributed by atoms with E-state index in [4.69, 9.17) is 9.47 Å². The fourth-order valence-electron chi connectivity index (χ4n) is 10.2. The average molecular weight is 1040 g/mol. The Bertz CT molecular complexity index is 1240. The molecule has 0 saturated carbocycles. The Hall–Kier alpha value is -1.41. The molecule has 8 N–H and O–H groups in total. The van der Waals surface area contributed by atoms with E-state index in [-0.39, 0.29) is 6.42 Å². The molecule has 0 radical (unpaired) electrons. The van der Waals surface area contributed by atoms with E-state index in [1.807, 2.05) is 0 Å². The lowest BCUT2D eigenvalue weighted by Gasteiger charge is -2.40. The van der Waals surface area contributed by atoms with Crippen LogP contribution in [-0.2, 0) is 14.3 Å². The number of unbranched alkanes of at least 4 members (excludes halogenated alkanes) is 38. The third-order valence-electron chi connectivity index (χ3n) is 15.3. The van der Waals surface area contributed by atoms with Crippen molar-refractivity contribution in [1.82, 2.24) is 5.32 Å². The van der Waals surface area contributed by atoms with Crippen LogP contribution >= 0.6 is 0 Å². The Labute approximate surface area is 448 Å². The number of allylic oxidation sites excluding steroid dienone is 4. The summed E-state index contributed by atoms with van der Waals surface area (Å²) >= 11 is 0. The standard InChI is InChI=1S/C62H119NO10/c1-3-5-7-9-11-13-15-17-18-19-20-21-22-23-24-25-26-27-28-29-30-31-32-33-34-35-36-37-38-40-42-44-46-48-50-55(66)61(71)63-53(52-72-62-60(70)59(69)58(68)56(51-64)73-62)57(67)54(65)49-47-45-43-41-39-16-14-12-10-8-6-4-2/h22-23,25-26,53-60,62,64-70H,3-21,24,27-52H2,1-2H3,(H,63,71)/b23-22-,26-25-. The van der Waals surface area contributed by atoms with E-state index in [2.05, 4.69) is 43.5 Å². The molecular formula is C62H119NO10. The molecule has 1 amide bonds. The normalized spacial score (nSPS) is 20.0. The molecule has 11 nitrogen and oxygen atoms in total. The van der Waals surface area contributed by atoms with Crippen molar-refractivity contribution in [3.05, 3.63) is 24.3 Å². The highest BCUT2D eigenvalue weighted by Crippen LogP contribution is 2.24. The van der Waals surface area contributed by atoms with Crippen molar-refractivity contribution in [2.24, 2.45) is 0 Å². The van der Waals surface area contributed by atoms with Crippen LogP contribution in [0, 0.1) is 0 Å². The number of hydrogen-bond donors (Lipinski definition) is 8. The van der Waals surface area contributed by atoms with Crippen molar-refractivity contribution < 1.29 is 50.0 Å². The van der Waals surface area contributed by atoms with Crippen LogP contribution in [0.3, 0.4) is 0 Å². The smallest absolute Gasteiger partial charge is 0.249 e. The zero-order valence-electron chi connectivity index (χ0n) is 47.4. The first-order valence-electron chi connectivity index (χ1n) is 31.2. The molecule has 0 aromatic heterocycles. The number of rotatable bonds is 54. The zero-order chi connectivity index (χ0) is 53.3. The van der Waals surface area contributed by atoms with E-state index in [0.29, 0.717) is 19.3 Å². The van der Waals surface area contributed by atoms with Crippen LogP contribution in [0.25, 0.3) is 0 Å². The lowest BCUT2D eigenvalue weighted by molar-refractivity contribution is -0.303. The van der Waals surface area contributed by atoms with Crippen molar-refractivity contribution >= 4 is 5.91 Å². The molecule has 9 unspecified atom stereocenters. The van der Waals surface area contributed by atoms with Gasteiger partial charge in [-0.2, -0.15) is 0 Å². The molecule has 432 valence electrons. The predicted molar refractivity (Wildman–Crippen MR) is 302 cm³/mol. The summed E-state index contributed by atoms with van der Waals surface area (Å²) in [4.78, 5) is 13.2. The third-order valence-corrected chi connectivity index (χ3v) is 15.3. The van der Waals surface area contributed by atoms with Gasteiger partial charge in [-0.05, 0) is 44.9 Å². The van der Waals surface area contributed by atoms with Gasteiger partial charge in [0, 0.05) is 0 Å². The van der Waals surface area contributed by atoms with Crippen LogP contribution in [0.1, 0.15) is 296 Å². The van der Waals surface area contributed by atoms with Crippen LogP contribution in [0.5, 0.6) is 0 Å². The first kappa shape index (κ1) is 69.6. The number of aliphatic hydroxyl groups excluding tert-OH is 7. The van der Waals surface area contributed by atoms with E-state index in [0.717, 1.165) is 44.9 Å². The van der Waals surface area contributed by atoms with Crippen LogP contribution < -0.4 is 5.32 Å². The second kappa shape index (κ2) is 51.4. The SMILES string of the molecule is CCCCCCCCCCCCC/C=C\C/C=C\CCCCCCCCCCCCCCCCCCC(O)C(=O)NC(COC1OC(CO)C(O)C(O)C1O)C(O)C(O)CCCCCCCCCCCCCC. The summed E-state index contributed by atoms with van der Waals surface area (Å²) in [6.07, 6.45) is 51.2. The number of amides is 1. The van der Waals surface area contributed by atoms with Crippen LogP contribution in [0.15, 0.2) is 24.3 Å². The molecule has 0 spiro atoms. The van der Waals surface area contributed by atoms with Crippen molar-refractivity contribution in [1.29, 1.82) is 0 Å². The number of hydrogen-bond acceptors (Lipinski definition) is 10. The Kier molecular flexibility index (Phi) is 49.0. The Morgan fingerprint density at radius 2 is 0.836 bits per heavy atom. The van der Waals surface area contributed by atoms with Gasteiger partial charge in [-0.25, -0.2) is 0 Å². The molecule has 1 aliphatic rings. The van der Waals surface area contributed by atoms with Gasteiger partial charge in [0.25, 0.3) is 0 Å². The predicted octanol–water partition coefficient (Wildman–Crippen LogP) is 13.7. The summed E-state index contributed by atoms with van der Waals surface area (Å²) in [6.45, 7) is 3.47. The first-order chi connectivity index (χ1) is 35.7. The zero-order valence-corrected chi connectivity index (χ0v) is 47.4. The van der Waals surface area contributed by atoms with Crippen molar-refractivity contribution in [3.63, 3.8) is 0 Å². The number of nitrogens with one attached hydrogen (secondary N) is 1. The molecule has 1 heterocycles. The van der Waals surface area contributed by atoms with Gasteiger partial charge in [-0.15, -0.1) is 0 Å². The van der Waals surface area contributed by atoms with Gasteiger partial charge in [-0.3, -0.25) is 4.79 Å². The second-order valence-electron chi connectivity index (χ2n) is 22.1. The molecule has 9 atom stereocenters. The molecular weight excluding hydrogens is 919 g/mol. The van der Waals surface area contributed by atoms with Gasteiger partial charge in [0.1, 0.15) is 36.6 Å². The molecule has 1 rings (SSSR count). The van der Waals surface area contributed by atoms with E-state index >= 15 is 0 Å². The molecule has 1 aliphatic heterocycles. The number of ether oxygens (including phenoxy) is 2.